The van der Waals surface area contributed by atoms with E-state index in [1.165, 1.54) is 16.9 Å². The third-order valence-electron chi connectivity index (χ3n) is 3.20. The van der Waals surface area contributed by atoms with Gasteiger partial charge in [-0.25, -0.2) is 13.5 Å². The van der Waals surface area contributed by atoms with Gasteiger partial charge in [0.2, 0.25) is 0 Å². The second kappa shape index (κ2) is 5.96. The van der Waals surface area contributed by atoms with E-state index in [9.17, 15) is 13.6 Å². The Morgan fingerprint density at radius 1 is 1.09 bits per heavy atom. The molecule has 5 nitrogen and oxygen atoms in total. The number of nitrogens with zero attached hydrogens (tertiary/aromatic N) is 3. The molecule has 0 saturated heterocycles. The molecule has 23 heavy (non-hydrogen) atoms. The number of aryl methyl sites for hydroxylation is 1. The summed E-state index contributed by atoms with van der Waals surface area (Å²) in [5, 5.41) is 10.1. The van der Waals surface area contributed by atoms with Gasteiger partial charge in [0.15, 0.2) is 17.3 Å². The highest BCUT2D eigenvalue weighted by Gasteiger charge is 2.13. The predicted octanol–water partition coefficient (Wildman–Crippen LogP) is 3.11. The SMILES string of the molecule is Cc1ccc(-n2cc(C(=O)Nc3ccc(F)c(F)c3)nn2)cc1. The molecule has 116 valence electrons. The van der Waals surface area contributed by atoms with Crippen LogP contribution in [0.4, 0.5) is 14.5 Å². The number of aromatic nitrogens is 3. The Hall–Kier alpha value is -3.09. The van der Waals surface area contributed by atoms with Crippen molar-refractivity contribution in [2.24, 2.45) is 0 Å². The zero-order valence-corrected chi connectivity index (χ0v) is 12.1. The van der Waals surface area contributed by atoms with Gasteiger partial charge in [-0.15, -0.1) is 5.10 Å². The number of nitrogens with one attached hydrogen (secondary N) is 1. The van der Waals surface area contributed by atoms with Gasteiger partial charge in [-0.05, 0) is 31.2 Å². The highest BCUT2D eigenvalue weighted by Crippen LogP contribution is 2.14. The van der Waals surface area contributed by atoms with Crippen LogP contribution in [0.3, 0.4) is 0 Å². The van der Waals surface area contributed by atoms with Crippen LogP contribution >= 0.6 is 0 Å². The number of hydrogen-bond acceptors (Lipinski definition) is 3. The van der Waals surface area contributed by atoms with Crippen molar-refractivity contribution in [1.29, 1.82) is 0 Å². The quantitative estimate of drug-likeness (QED) is 0.808. The Morgan fingerprint density at radius 2 is 1.83 bits per heavy atom. The fourth-order valence-electron chi connectivity index (χ4n) is 1.96. The van der Waals surface area contributed by atoms with E-state index < -0.39 is 17.5 Å². The van der Waals surface area contributed by atoms with Gasteiger partial charge in [-0.2, -0.15) is 0 Å². The normalized spacial score (nSPS) is 10.6. The Morgan fingerprint density at radius 3 is 2.52 bits per heavy atom. The number of halogens is 2. The lowest BCUT2D eigenvalue weighted by Crippen LogP contribution is -2.12. The van der Waals surface area contributed by atoms with Gasteiger partial charge in [0.25, 0.3) is 5.91 Å². The first-order valence-corrected chi connectivity index (χ1v) is 6.79. The van der Waals surface area contributed by atoms with E-state index in [1.54, 1.807) is 0 Å². The maximum absolute atomic E-state index is 13.1. The molecule has 0 saturated carbocycles. The summed E-state index contributed by atoms with van der Waals surface area (Å²) in [5.74, 6) is -2.58. The number of amides is 1. The van der Waals surface area contributed by atoms with Crippen LogP contribution in [0.5, 0.6) is 0 Å². The van der Waals surface area contributed by atoms with Crippen LogP contribution in [0.15, 0.2) is 48.7 Å². The third-order valence-corrected chi connectivity index (χ3v) is 3.20. The molecule has 1 heterocycles. The van der Waals surface area contributed by atoms with E-state index in [1.807, 2.05) is 31.2 Å². The first kappa shape index (κ1) is 14.8. The molecular formula is C16H12F2N4O. The number of carbonyl (C=O) groups excluding carboxylic acids is 1. The van der Waals surface area contributed by atoms with E-state index in [2.05, 4.69) is 15.6 Å². The monoisotopic (exact) mass is 314 g/mol. The van der Waals surface area contributed by atoms with Crippen LogP contribution in [-0.4, -0.2) is 20.9 Å². The van der Waals surface area contributed by atoms with Crippen LogP contribution in [0.1, 0.15) is 16.1 Å². The Bertz CT molecular complexity index is 859. The molecular weight excluding hydrogens is 302 g/mol. The van der Waals surface area contributed by atoms with Gasteiger partial charge in [0, 0.05) is 11.8 Å². The van der Waals surface area contributed by atoms with Crippen molar-refractivity contribution in [3.63, 3.8) is 0 Å². The van der Waals surface area contributed by atoms with Gasteiger partial charge in [0.1, 0.15) is 0 Å². The second-order valence-corrected chi connectivity index (χ2v) is 4.97. The van der Waals surface area contributed by atoms with Gasteiger partial charge >= 0.3 is 0 Å². The molecule has 1 amide bonds. The largest absolute Gasteiger partial charge is 0.320 e. The predicted molar refractivity (Wildman–Crippen MR) is 80.4 cm³/mol. The standard InChI is InChI=1S/C16H12F2N4O/c1-10-2-5-12(6-3-10)22-9-15(20-21-22)16(23)19-11-4-7-13(17)14(18)8-11/h2-9H,1H3,(H,19,23). The molecule has 7 heteroatoms. The molecule has 0 aliphatic rings. The Labute approximate surface area is 130 Å². The zero-order chi connectivity index (χ0) is 16.4. The van der Waals surface area contributed by atoms with Crippen molar-refractivity contribution < 1.29 is 13.6 Å². The van der Waals surface area contributed by atoms with Crippen molar-refractivity contribution in [2.45, 2.75) is 6.92 Å². The van der Waals surface area contributed by atoms with E-state index in [-0.39, 0.29) is 11.4 Å². The van der Waals surface area contributed by atoms with Crippen LogP contribution in [0.2, 0.25) is 0 Å². The molecule has 0 unspecified atom stereocenters. The second-order valence-electron chi connectivity index (χ2n) is 4.97. The number of carbonyl (C=O) groups is 1. The number of hydrogen-bond donors (Lipinski definition) is 1. The number of benzene rings is 2. The summed E-state index contributed by atoms with van der Waals surface area (Å²) in [4.78, 5) is 12.1. The molecule has 0 atom stereocenters. The smallest absolute Gasteiger partial charge is 0.277 e. The van der Waals surface area contributed by atoms with Gasteiger partial charge in [-0.1, -0.05) is 22.9 Å². The third kappa shape index (κ3) is 3.23. The average molecular weight is 314 g/mol. The molecule has 3 aromatic rings. The molecule has 1 aromatic heterocycles. The fraction of sp³-hybridized carbons (Fsp3) is 0.0625. The molecule has 0 radical (unpaired) electrons. The van der Waals surface area contributed by atoms with Crippen molar-refractivity contribution in [1.82, 2.24) is 15.0 Å². The Kier molecular flexibility index (Phi) is 3.84. The molecule has 2 aromatic carbocycles. The number of rotatable bonds is 3. The summed E-state index contributed by atoms with van der Waals surface area (Å²) in [6.07, 6.45) is 1.46. The van der Waals surface area contributed by atoms with Crippen LogP contribution in [0.25, 0.3) is 5.69 Å². The minimum atomic E-state index is -1.04. The molecule has 0 aliphatic heterocycles. The Balaban J connectivity index is 1.78. The van der Waals surface area contributed by atoms with Crippen LogP contribution in [0, 0.1) is 18.6 Å². The maximum atomic E-state index is 13.1. The first-order valence-electron chi connectivity index (χ1n) is 6.79. The summed E-state index contributed by atoms with van der Waals surface area (Å²) in [6, 6.07) is 10.6. The lowest BCUT2D eigenvalue weighted by Gasteiger charge is -2.03. The molecule has 1 N–H and O–H groups in total. The summed E-state index contributed by atoms with van der Waals surface area (Å²) in [7, 11) is 0. The van der Waals surface area contributed by atoms with Crippen molar-refractivity contribution in [3.05, 3.63) is 71.6 Å². The van der Waals surface area contributed by atoms with E-state index in [0.29, 0.717) is 0 Å². The van der Waals surface area contributed by atoms with Crippen LogP contribution in [-0.2, 0) is 0 Å². The average Bonchev–Trinajstić information content (AvgIpc) is 3.02. The van der Waals surface area contributed by atoms with Gasteiger partial charge in [-0.3, -0.25) is 4.79 Å². The van der Waals surface area contributed by atoms with Crippen LogP contribution < -0.4 is 5.32 Å². The van der Waals surface area contributed by atoms with Crippen molar-refractivity contribution in [3.8, 4) is 5.69 Å². The lowest BCUT2D eigenvalue weighted by molar-refractivity contribution is 0.102. The lowest BCUT2D eigenvalue weighted by atomic mass is 10.2. The molecule has 0 bridgehead atoms. The highest BCUT2D eigenvalue weighted by atomic mass is 19.2. The first-order chi connectivity index (χ1) is 11.0. The molecule has 0 fully saturated rings. The minimum Gasteiger partial charge on any atom is -0.320 e. The van der Waals surface area contributed by atoms with E-state index >= 15 is 0 Å². The fourth-order valence-corrected chi connectivity index (χ4v) is 1.96. The van der Waals surface area contributed by atoms with Crippen molar-refractivity contribution in [2.75, 3.05) is 5.32 Å². The maximum Gasteiger partial charge on any atom is 0.277 e. The molecule has 0 spiro atoms. The van der Waals surface area contributed by atoms with E-state index in [0.717, 1.165) is 23.4 Å². The zero-order valence-electron chi connectivity index (χ0n) is 12.1. The summed E-state index contributed by atoms with van der Waals surface area (Å²) >= 11 is 0. The van der Waals surface area contributed by atoms with Gasteiger partial charge in [0.05, 0.1) is 11.9 Å². The van der Waals surface area contributed by atoms with Gasteiger partial charge < -0.3 is 5.32 Å². The van der Waals surface area contributed by atoms with E-state index in [4.69, 9.17) is 0 Å². The summed E-state index contributed by atoms with van der Waals surface area (Å²) < 4.78 is 27.5. The van der Waals surface area contributed by atoms with Crippen molar-refractivity contribution >= 4 is 11.6 Å². The molecule has 3 rings (SSSR count). The number of anilines is 1. The topological polar surface area (TPSA) is 59.8 Å². The summed E-state index contributed by atoms with van der Waals surface area (Å²) in [5.41, 5.74) is 2.06. The molecule has 0 aliphatic carbocycles. The summed E-state index contributed by atoms with van der Waals surface area (Å²) in [6.45, 7) is 1.96. The minimum absolute atomic E-state index is 0.0651. The highest BCUT2D eigenvalue weighted by molar-refractivity contribution is 6.02.